The number of rotatable bonds is 2. The third-order valence-corrected chi connectivity index (χ3v) is 2.18. The Kier molecular flexibility index (Phi) is 3.36. The second kappa shape index (κ2) is 4.53. The number of hydrogen-bond donors (Lipinski definition) is 1. The summed E-state index contributed by atoms with van der Waals surface area (Å²) in [6.45, 7) is 0. The van der Waals surface area contributed by atoms with Gasteiger partial charge in [0.25, 0.3) is 0 Å². The zero-order valence-corrected chi connectivity index (χ0v) is 9.44. The van der Waals surface area contributed by atoms with Crippen LogP contribution in [0.2, 0.25) is 0 Å². The number of anilines is 2. The SMILES string of the molecule is COC(=O)c1cc(C#N)c(N(C)C)cc1N. The molecule has 84 valence electrons. The minimum Gasteiger partial charge on any atom is -0.465 e. The molecule has 0 amide bonds. The molecular weight excluding hydrogens is 206 g/mol. The van der Waals surface area contributed by atoms with Crippen LogP contribution < -0.4 is 10.6 Å². The summed E-state index contributed by atoms with van der Waals surface area (Å²) in [6, 6.07) is 5.05. The van der Waals surface area contributed by atoms with Crippen molar-refractivity contribution in [1.29, 1.82) is 5.26 Å². The van der Waals surface area contributed by atoms with E-state index in [-0.39, 0.29) is 5.56 Å². The van der Waals surface area contributed by atoms with Crippen LogP contribution in [0.15, 0.2) is 12.1 Å². The lowest BCUT2D eigenvalue weighted by molar-refractivity contribution is 0.0602. The van der Waals surface area contributed by atoms with E-state index in [1.54, 1.807) is 25.1 Å². The molecule has 0 atom stereocenters. The summed E-state index contributed by atoms with van der Waals surface area (Å²) in [6.07, 6.45) is 0. The zero-order chi connectivity index (χ0) is 12.3. The van der Waals surface area contributed by atoms with Gasteiger partial charge < -0.3 is 15.4 Å². The van der Waals surface area contributed by atoms with Gasteiger partial charge >= 0.3 is 5.97 Å². The van der Waals surface area contributed by atoms with Gasteiger partial charge in [0.05, 0.1) is 23.9 Å². The summed E-state index contributed by atoms with van der Waals surface area (Å²) in [5, 5.41) is 8.97. The van der Waals surface area contributed by atoms with Gasteiger partial charge in [0.2, 0.25) is 0 Å². The van der Waals surface area contributed by atoms with Gasteiger partial charge in [-0.15, -0.1) is 0 Å². The Hall–Kier alpha value is -2.22. The number of benzene rings is 1. The molecular formula is C11H13N3O2. The van der Waals surface area contributed by atoms with Crippen LogP contribution in [-0.4, -0.2) is 27.2 Å². The van der Waals surface area contributed by atoms with E-state index in [2.05, 4.69) is 4.74 Å². The molecule has 0 aliphatic rings. The number of carbonyl (C=O) groups is 1. The molecule has 16 heavy (non-hydrogen) atoms. The molecule has 2 N–H and O–H groups in total. The third-order valence-electron chi connectivity index (χ3n) is 2.18. The van der Waals surface area contributed by atoms with E-state index < -0.39 is 5.97 Å². The van der Waals surface area contributed by atoms with Crippen LogP contribution in [-0.2, 0) is 4.74 Å². The number of hydrogen-bond acceptors (Lipinski definition) is 5. The third kappa shape index (κ3) is 2.06. The van der Waals surface area contributed by atoms with E-state index in [4.69, 9.17) is 11.0 Å². The molecule has 1 aromatic rings. The summed E-state index contributed by atoms with van der Waals surface area (Å²) < 4.78 is 4.57. The molecule has 0 radical (unpaired) electrons. The molecule has 0 unspecified atom stereocenters. The minimum absolute atomic E-state index is 0.213. The molecule has 5 nitrogen and oxygen atoms in total. The number of ether oxygens (including phenoxy) is 1. The van der Waals surface area contributed by atoms with Crippen LogP contribution in [0.3, 0.4) is 0 Å². The van der Waals surface area contributed by atoms with Crippen LogP contribution in [0.25, 0.3) is 0 Å². The number of carbonyl (C=O) groups excluding carboxylic acids is 1. The van der Waals surface area contributed by atoms with Crippen molar-refractivity contribution in [2.24, 2.45) is 0 Å². The molecule has 5 heteroatoms. The molecule has 0 aliphatic carbocycles. The summed E-state index contributed by atoms with van der Waals surface area (Å²) >= 11 is 0. The first kappa shape index (κ1) is 11.9. The van der Waals surface area contributed by atoms with Crippen molar-refractivity contribution in [1.82, 2.24) is 0 Å². The monoisotopic (exact) mass is 219 g/mol. The fourth-order valence-corrected chi connectivity index (χ4v) is 1.35. The lowest BCUT2D eigenvalue weighted by Gasteiger charge is -2.16. The van der Waals surface area contributed by atoms with Crippen molar-refractivity contribution in [3.8, 4) is 6.07 Å². The molecule has 0 fully saturated rings. The van der Waals surface area contributed by atoms with Crippen molar-refractivity contribution >= 4 is 17.3 Å². The van der Waals surface area contributed by atoms with Gasteiger partial charge in [0.15, 0.2) is 0 Å². The standard InChI is InChI=1S/C11H13N3O2/c1-14(2)10-5-9(13)8(11(15)16-3)4-7(10)6-12/h4-5H,13H2,1-3H3. The van der Waals surface area contributed by atoms with Crippen molar-refractivity contribution in [2.45, 2.75) is 0 Å². The molecule has 0 spiro atoms. The van der Waals surface area contributed by atoms with E-state index in [0.717, 1.165) is 0 Å². The number of esters is 1. The Bertz CT molecular complexity index is 461. The second-order valence-electron chi connectivity index (χ2n) is 3.45. The van der Waals surface area contributed by atoms with Gasteiger partial charge in [0.1, 0.15) is 6.07 Å². The number of nitriles is 1. The van der Waals surface area contributed by atoms with Gasteiger partial charge in [-0.25, -0.2) is 4.79 Å². The highest BCUT2D eigenvalue weighted by molar-refractivity contribution is 5.96. The molecule has 0 bridgehead atoms. The predicted octanol–water partition coefficient (Wildman–Crippen LogP) is 0.993. The maximum Gasteiger partial charge on any atom is 0.340 e. The van der Waals surface area contributed by atoms with Crippen molar-refractivity contribution in [2.75, 3.05) is 31.8 Å². The minimum atomic E-state index is -0.542. The Balaban J connectivity index is 3.38. The smallest absolute Gasteiger partial charge is 0.340 e. The largest absolute Gasteiger partial charge is 0.465 e. The maximum absolute atomic E-state index is 11.4. The molecule has 0 aromatic heterocycles. The quantitative estimate of drug-likeness (QED) is 0.592. The molecule has 0 aliphatic heterocycles. The molecule has 1 rings (SSSR count). The Morgan fingerprint density at radius 3 is 2.56 bits per heavy atom. The van der Waals surface area contributed by atoms with E-state index in [0.29, 0.717) is 16.9 Å². The van der Waals surface area contributed by atoms with Crippen LogP contribution >= 0.6 is 0 Å². The van der Waals surface area contributed by atoms with Crippen LogP contribution in [0.1, 0.15) is 15.9 Å². The normalized spacial score (nSPS) is 9.38. The van der Waals surface area contributed by atoms with Crippen LogP contribution in [0.5, 0.6) is 0 Å². The Morgan fingerprint density at radius 2 is 2.12 bits per heavy atom. The Labute approximate surface area is 94.0 Å². The summed E-state index contributed by atoms with van der Waals surface area (Å²) in [5.41, 5.74) is 7.30. The average Bonchev–Trinajstić information content (AvgIpc) is 2.27. The summed E-state index contributed by atoms with van der Waals surface area (Å²) in [5.74, 6) is -0.542. The highest BCUT2D eigenvalue weighted by Gasteiger charge is 2.15. The summed E-state index contributed by atoms with van der Waals surface area (Å²) in [7, 11) is 4.87. The molecule has 0 heterocycles. The molecule has 0 saturated heterocycles. The van der Waals surface area contributed by atoms with E-state index in [1.807, 2.05) is 6.07 Å². The van der Waals surface area contributed by atoms with E-state index in [9.17, 15) is 4.79 Å². The predicted molar refractivity (Wildman–Crippen MR) is 61.2 cm³/mol. The van der Waals surface area contributed by atoms with Crippen molar-refractivity contribution in [3.05, 3.63) is 23.3 Å². The first-order valence-corrected chi connectivity index (χ1v) is 4.60. The summed E-state index contributed by atoms with van der Waals surface area (Å²) in [4.78, 5) is 13.1. The number of methoxy groups -OCH3 is 1. The van der Waals surface area contributed by atoms with Gasteiger partial charge in [-0.3, -0.25) is 0 Å². The fourth-order valence-electron chi connectivity index (χ4n) is 1.35. The number of nitrogen functional groups attached to an aromatic ring is 1. The van der Waals surface area contributed by atoms with Crippen LogP contribution in [0.4, 0.5) is 11.4 Å². The van der Waals surface area contributed by atoms with Gasteiger partial charge in [-0.1, -0.05) is 0 Å². The highest BCUT2D eigenvalue weighted by Crippen LogP contribution is 2.25. The number of nitrogens with zero attached hydrogens (tertiary/aromatic N) is 2. The topological polar surface area (TPSA) is 79.4 Å². The van der Waals surface area contributed by atoms with Crippen LogP contribution in [0, 0.1) is 11.3 Å². The number of nitrogens with two attached hydrogens (primary N) is 1. The van der Waals surface area contributed by atoms with E-state index >= 15 is 0 Å². The van der Waals surface area contributed by atoms with Gasteiger partial charge in [-0.05, 0) is 12.1 Å². The second-order valence-corrected chi connectivity index (χ2v) is 3.45. The van der Waals surface area contributed by atoms with E-state index in [1.165, 1.54) is 13.2 Å². The molecule has 1 aromatic carbocycles. The zero-order valence-electron chi connectivity index (χ0n) is 9.44. The maximum atomic E-state index is 11.4. The van der Waals surface area contributed by atoms with Crippen molar-refractivity contribution in [3.63, 3.8) is 0 Å². The Morgan fingerprint density at radius 1 is 1.50 bits per heavy atom. The van der Waals surface area contributed by atoms with Crippen molar-refractivity contribution < 1.29 is 9.53 Å². The van der Waals surface area contributed by atoms with Gasteiger partial charge in [0, 0.05) is 19.8 Å². The fraction of sp³-hybridized carbons (Fsp3) is 0.273. The van der Waals surface area contributed by atoms with Gasteiger partial charge in [-0.2, -0.15) is 5.26 Å². The first-order valence-electron chi connectivity index (χ1n) is 4.60. The average molecular weight is 219 g/mol. The lowest BCUT2D eigenvalue weighted by atomic mass is 10.1. The first-order chi connectivity index (χ1) is 7.51. The molecule has 0 saturated carbocycles. The highest BCUT2D eigenvalue weighted by atomic mass is 16.5. The lowest BCUT2D eigenvalue weighted by Crippen LogP contribution is -2.13.